The van der Waals surface area contributed by atoms with Crippen LogP contribution >= 0.6 is 12.4 Å². The SMILES string of the molecule is Cl.NC1CCCN(S(=O)(=O)c2ccc3c(c2)CCO3)C1. The van der Waals surface area contributed by atoms with Crippen molar-refractivity contribution in [3.63, 3.8) is 0 Å². The summed E-state index contributed by atoms with van der Waals surface area (Å²) in [4.78, 5) is 0.353. The molecule has 5 nitrogen and oxygen atoms in total. The van der Waals surface area contributed by atoms with Crippen LogP contribution in [-0.2, 0) is 16.4 Å². The summed E-state index contributed by atoms with van der Waals surface area (Å²) in [5.41, 5.74) is 6.84. The van der Waals surface area contributed by atoms with E-state index in [1.807, 2.05) is 0 Å². The van der Waals surface area contributed by atoms with Crippen molar-refractivity contribution in [2.45, 2.75) is 30.2 Å². The molecular formula is C13H19ClN2O3S. The molecule has 0 aliphatic carbocycles. The molecule has 0 amide bonds. The molecule has 3 rings (SSSR count). The van der Waals surface area contributed by atoms with E-state index in [0.717, 1.165) is 30.6 Å². The molecular weight excluding hydrogens is 300 g/mol. The number of piperidine rings is 1. The van der Waals surface area contributed by atoms with Gasteiger partial charge in [0.25, 0.3) is 0 Å². The third-order valence-electron chi connectivity index (χ3n) is 3.72. The van der Waals surface area contributed by atoms with Crippen LogP contribution in [0.5, 0.6) is 5.75 Å². The normalized spacial score (nSPS) is 22.8. The van der Waals surface area contributed by atoms with Crippen molar-refractivity contribution in [1.29, 1.82) is 0 Å². The standard InChI is InChI=1S/C13H18N2O3S.ClH/c14-11-2-1-6-15(9-11)19(16,17)12-3-4-13-10(8-12)5-7-18-13;/h3-4,8,11H,1-2,5-7,9,14H2;1H. The molecule has 20 heavy (non-hydrogen) atoms. The Bertz CT molecular complexity index is 591. The van der Waals surface area contributed by atoms with Crippen molar-refractivity contribution in [1.82, 2.24) is 4.31 Å². The summed E-state index contributed by atoms with van der Waals surface area (Å²) in [7, 11) is -3.42. The van der Waals surface area contributed by atoms with Gasteiger partial charge in [0.05, 0.1) is 11.5 Å². The van der Waals surface area contributed by atoms with Crippen LogP contribution < -0.4 is 10.5 Å². The zero-order valence-electron chi connectivity index (χ0n) is 11.1. The predicted octanol–water partition coefficient (Wildman–Crippen LogP) is 1.16. The number of rotatable bonds is 2. The second-order valence-corrected chi connectivity index (χ2v) is 7.07. The monoisotopic (exact) mass is 318 g/mol. The molecule has 1 aromatic rings. The van der Waals surface area contributed by atoms with Gasteiger partial charge in [-0.3, -0.25) is 0 Å². The Morgan fingerprint density at radius 3 is 2.90 bits per heavy atom. The fourth-order valence-corrected chi connectivity index (χ4v) is 4.25. The van der Waals surface area contributed by atoms with E-state index in [9.17, 15) is 8.42 Å². The van der Waals surface area contributed by atoms with E-state index in [-0.39, 0.29) is 18.4 Å². The second-order valence-electron chi connectivity index (χ2n) is 5.13. The van der Waals surface area contributed by atoms with Gasteiger partial charge in [0.1, 0.15) is 5.75 Å². The van der Waals surface area contributed by atoms with Crippen molar-refractivity contribution in [3.05, 3.63) is 23.8 Å². The first-order valence-electron chi connectivity index (χ1n) is 6.59. The molecule has 1 unspecified atom stereocenters. The molecule has 2 N–H and O–H groups in total. The molecule has 7 heteroatoms. The highest BCUT2D eigenvalue weighted by atomic mass is 35.5. The molecule has 1 aromatic carbocycles. The molecule has 2 aliphatic heterocycles. The lowest BCUT2D eigenvalue weighted by molar-refractivity contribution is 0.316. The summed E-state index contributed by atoms with van der Waals surface area (Å²) in [5, 5.41) is 0. The lowest BCUT2D eigenvalue weighted by Gasteiger charge is -2.29. The van der Waals surface area contributed by atoms with E-state index in [1.165, 1.54) is 4.31 Å². The number of fused-ring (bicyclic) bond motifs is 1. The van der Waals surface area contributed by atoms with Crippen LogP contribution in [0.1, 0.15) is 18.4 Å². The van der Waals surface area contributed by atoms with Gasteiger partial charge in [-0.2, -0.15) is 4.31 Å². The van der Waals surface area contributed by atoms with Gasteiger partial charge in [0.15, 0.2) is 0 Å². The summed E-state index contributed by atoms with van der Waals surface area (Å²) in [6.07, 6.45) is 2.50. The average Bonchev–Trinajstić information content (AvgIpc) is 2.85. The topological polar surface area (TPSA) is 72.6 Å². The molecule has 0 bridgehead atoms. The summed E-state index contributed by atoms with van der Waals surface area (Å²) >= 11 is 0. The number of ether oxygens (including phenoxy) is 1. The maximum atomic E-state index is 12.6. The van der Waals surface area contributed by atoms with Gasteiger partial charge in [-0.1, -0.05) is 0 Å². The molecule has 2 aliphatic rings. The maximum Gasteiger partial charge on any atom is 0.243 e. The minimum absolute atomic E-state index is 0. The van der Waals surface area contributed by atoms with Gasteiger partial charge in [-0.05, 0) is 36.6 Å². The predicted molar refractivity (Wildman–Crippen MR) is 78.9 cm³/mol. The number of halogens is 1. The molecule has 0 radical (unpaired) electrons. The van der Waals surface area contributed by atoms with E-state index >= 15 is 0 Å². The third-order valence-corrected chi connectivity index (χ3v) is 5.58. The first kappa shape index (κ1) is 15.6. The van der Waals surface area contributed by atoms with Crippen LogP contribution in [0.3, 0.4) is 0 Å². The number of nitrogens with zero attached hydrogens (tertiary/aromatic N) is 1. The molecule has 112 valence electrons. The van der Waals surface area contributed by atoms with Crippen molar-refractivity contribution in [2.75, 3.05) is 19.7 Å². The van der Waals surface area contributed by atoms with E-state index in [1.54, 1.807) is 18.2 Å². The van der Waals surface area contributed by atoms with E-state index in [2.05, 4.69) is 0 Å². The molecule has 2 heterocycles. The minimum atomic E-state index is -3.42. The highest BCUT2D eigenvalue weighted by molar-refractivity contribution is 7.89. The fraction of sp³-hybridized carbons (Fsp3) is 0.538. The first-order chi connectivity index (χ1) is 9.07. The number of hydrogen-bond acceptors (Lipinski definition) is 4. The van der Waals surface area contributed by atoms with Crippen molar-refractivity contribution < 1.29 is 13.2 Å². The Morgan fingerprint density at radius 1 is 1.35 bits per heavy atom. The third kappa shape index (κ3) is 2.79. The maximum absolute atomic E-state index is 12.6. The summed E-state index contributed by atoms with van der Waals surface area (Å²) in [6.45, 7) is 1.60. The van der Waals surface area contributed by atoms with E-state index < -0.39 is 10.0 Å². The van der Waals surface area contributed by atoms with Gasteiger partial charge in [0.2, 0.25) is 10.0 Å². The molecule has 0 aromatic heterocycles. The van der Waals surface area contributed by atoms with E-state index in [4.69, 9.17) is 10.5 Å². The number of benzene rings is 1. The highest BCUT2D eigenvalue weighted by Crippen LogP contribution is 2.29. The Hall–Kier alpha value is -0.820. The van der Waals surface area contributed by atoms with E-state index in [0.29, 0.717) is 24.6 Å². The zero-order chi connectivity index (χ0) is 13.5. The highest BCUT2D eigenvalue weighted by Gasteiger charge is 2.29. The molecule has 1 atom stereocenters. The van der Waals surface area contributed by atoms with Crippen LogP contribution in [0.25, 0.3) is 0 Å². The average molecular weight is 319 g/mol. The zero-order valence-corrected chi connectivity index (χ0v) is 12.8. The quantitative estimate of drug-likeness (QED) is 0.888. The van der Waals surface area contributed by atoms with Crippen LogP contribution in [0.15, 0.2) is 23.1 Å². The molecule has 0 saturated carbocycles. The number of hydrogen-bond donors (Lipinski definition) is 1. The first-order valence-corrected chi connectivity index (χ1v) is 8.03. The molecule has 1 saturated heterocycles. The van der Waals surface area contributed by atoms with Crippen molar-refractivity contribution in [2.24, 2.45) is 5.73 Å². The molecule has 0 spiro atoms. The van der Waals surface area contributed by atoms with Crippen LogP contribution in [0.2, 0.25) is 0 Å². The minimum Gasteiger partial charge on any atom is -0.493 e. The summed E-state index contributed by atoms with van der Waals surface area (Å²) in [5.74, 6) is 0.800. The second kappa shape index (κ2) is 5.89. The summed E-state index contributed by atoms with van der Waals surface area (Å²) in [6, 6.07) is 5.05. The van der Waals surface area contributed by atoms with Gasteiger partial charge >= 0.3 is 0 Å². The molecule has 1 fully saturated rings. The van der Waals surface area contributed by atoms with Gasteiger partial charge in [-0.25, -0.2) is 8.42 Å². The summed E-state index contributed by atoms with van der Waals surface area (Å²) < 4.78 is 32.0. The van der Waals surface area contributed by atoms with Crippen LogP contribution in [-0.4, -0.2) is 38.5 Å². The largest absolute Gasteiger partial charge is 0.493 e. The Balaban J connectivity index is 0.00000147. The van der Waals surface area contributed by atoms with Crippen molar-refractivity contribution >= 4 is 22.4 Å². The fourth-order valence-electron chi connectivity index (χ4n) is 2.66. The number of sulfonamides is 1. The smallest absolute Gasteiger partial charge is 0.243 e. The Morgan fingerprint density at radius 2 is 2.15 bits per heavy atom. The van der Waals surface area contributed by atoms with Crippen LogP contribution in [0.4, 0.5) is 0 Å². The van der Waals surface area contributed by atoms with Gasteiger partial charge in [-0.15, -0.1) is 12.4 Å². The van der Waals surface area contributed by atoms with Crippen molar-refractivity contribution in [3.8, 4) is 5.75 Å². The Kier molecular flexibility index (Phi) is 4.59. The van der Waals surface area contributed by atoms with Crippen LogP contribution in [0, 0.1) is 0 Å². The lowest BCUT2D eigenvalue weighted by atomic mass is 10.1. The Labute approximate surface area is 125 Å². The van der Waals surface area contributed by atoms with Gasteiger partial charge in [0, 0.05) is 25.6 Å². The lowest BCUT2D eigenvalue weighted by Crippen LogP contribution is -2.45. The number of nitrogens with two attached hydrogens (primary N) is 1. The van der Waals surface area contributed by atoms with Gasteiger partial charge < -0.3 is 10.5 Å².